The first-order chi connectivity index (χ1) is 12.4. The number of aromatic nitrogens is 2. The molecule has 3 aromatic rings. The molecule has 3 rings (SSSR count). The molecule has 0 unspecified atom stereocenters. The molecule has 7 nitrogen and oxygen atoms in total. The number of anilines is 1. The molecule has 0 fully saturated rings. The number of nitrogens with one attached hydrogen (secondary N) is 2. The fourth-order valence-corrected chi connectivity index (χ4v) is 4.02. The van der Waals surface area contributed by atoms with Gasteiger partial charge in [-0.2, -0.15) is 0 Å². The van der Waals surface area contributed by atoms with Crippen molar-refractivity contribution in [3.63, 3.8) is 0 Å². The maximum absolute atomic E-state index is 12.5. The van der Waals surface area contributed by atoms with Crippen LogP contribution in [0.5, 0.6) is 0 Å². The van der Waals surface area contributed by atoms with Crippen molar-refractivity contribution in [2.24, 2.45) is 0 Å². The van der Waals surface area contributed by atoms with Gasteiger partial charge in [-0.15, -0.1) is 11.3 Å². The van der Waals surface area contributed by atoms with Gasteiger partial charge < -0.3 is 4.57 Å². The topological polar surface area (TPSA) is 93.1 Å². The summed E-state index contributed by atoms with van der Waals surface area (Å²) in [5.74, 6) is 0.301. The number of benzene rings is 1. The SMILES string of the molecule is CCn1c(NC(=O)c2ccc(CCNS(C)(=O)=O)s2)nc2ccccc21. The molecule has 0 saturated carbocycles. The highest BCUT2D eigenvalue weighted by molar-refractivity contribution is 7.88. The molecule has 1 amide bonds. The van der Waals surface area contributed by atoms with Crippen LogP contribution in [0.3, 0.4) is 0 Å². The predicted molar refractivity (Wildman–Crippen MR) is 104 cm³/mol. The van der Waals surface area contributed by atoms with E-state index in [9.17, 15) is 13.2 Å². The number of aryl methyl sites for hydroxylation is 1. The van der Waals surface area contributed by atoms with Crippen molar-refractivity contribution in [2.45, 2.75) is 19.9 Å². The first kappa shape index (κ1) is 18.6. The lowest BCUT2D eigenvalue weighted by Crippen LogP contribution is -2.24. The zero-order valence-electron chi connectivity index (χ0n) is 14.5. The summed E-state index contributed by atoms with van der Waals surface area (Å²) in [4.78, 5) is 18.5. The van der Waals surface area contributed by atoms with Crippen molar-refractivity contribution >= 4 is 44.2 Å². The largest absolute Gasteiger partial charge is 0.310 e. The molecule has 1 aromatic carbocycles. The van der Waals surface area contributed by atoms with Crippen molar-refractivity contribution in [2.75, 3.05) is 18.1 Å². The highest BCUT2D eigenvalue weighted by Crippen LogP contribution is 2.22. The second kappa shape index (κ2) is 7.56. The van der Waals surface area contributed by atoms with Gasteiger partial charge in [0.05, 0.1) is 22.2 Å². The van der Waals surface area contributed by atoms with Gasteiger partial charge in [0.1, 0.15) is 0 Å². The second-order valence-electron chi connectivity index (χ2n) is 5.80. The summed E-state index contributed by atoms with van der Waals surface area (Å²) in [6, 6.07) is 11.3. The van der Waals surface area contributed by atoms with Gasteiger partial charge in [-0.05, 0) is 37.6 Å². The molecule has 26 heavy (non-hydrogen) atoms. The molecule has 2 N–H and O–H groups in total. The van der Waals surface area contributed by atoms with Gasteiger partial charge in [0.2, 0.25) is 16.0 Å². The van der Waals surface area contributed by atoms with Crippen molar-refractivity contribution in [1.82, 2.24) is 14.3 Å². The minimum Gasteiger partial charge on any atom is -0.310 e. The van der Waals surface area contributed by atoms with Gasteiger partial charge >= 0.3 is 0 Å². The number of rotatable bonds is 7. The third-order valence-electron chi connectivity index (χ3n) is 3.82. The quantitative estimate of drug-likeness (QED) is 0.646. The van der Waals surface area contributed by atoms with Gasteiger partial charge in [0, 0.05) is 18.0 Å². The van der Waals surface area contributed by atoms with Crippen LogP contribution >= 0.6 is 11.3 Å². The number of para-hydroxylation sites is 2. The lowest BCUT2D eigenvalue weighted by molar-refractivity contribution is 0.102. The van der Waals surface area contributed by atoms with E-state index in [4.69, 9.17) is 0 Å². The van der Waals surface area contributed by atoms with Crippen LogP contribution in [-0.2, 0) is 23.0 Å². The van der Waals surface area contributed by atoms with Crippen LogP contribution in [0.15, 0.2) is 36.4 Å². The average Bonchev–Trinajstić information content (AvgIpc) is 3.17. The molecular formula is C17H20N4O3S2. The summed E-state index contributed by atoms with van der Waals surface area (Å²) in [7, 11) is -3.20. The van der Waals surface area contributed by atoms with E-state index in [1.54, 1.807) is 6.07 Å². The van der Waals surface area contributed by atoms with E-state index in [2.05, 4.69) is 15.0 Å². The standard InChI is InChI=1S/C17H20N4O3S2/c1-3-21-14-7-5-4-6-13(14)19-17(21)20-16(22)15-9-8-12(25-15)10-11-18-26(2,23)24/h4-9,18H,3,10-11H2,1-2H3,(H,19,20,22). The number of carbonyl (C=O) groups excluding carboxylic acids is 1. The number of carbonyl (C=O) groups is 1. The highest BCUT2D eigenvalue weighted by Gasteiger charge is 2.15. The minimum atomic E-state index is -3.20. The Morgan fingerprint density at radius 3 is 2.73 bits per heavy atom. The smallest absolute Gasteiger partial charge is 0.268 e. The molecule has 0 aliphatic rings. The lowest BCUT2D eigenvalue weighted by Gasteiger charge is -2.06. The van der Waals surface area contributed by atoms with Crippen LogP contribution < -0.4 is 10.0 Å². The van der Waals surface area contributed by atoms with Crippen LogP contribution in [0.2, 0.25) is 0 Å². The number of hydrogen-bond acceptors (Lipinski definition) is 5. The summed E-state index contributed by atoms with van der Waals surface area (Å²) in [6.45, 7) is 3.01. The number of thiophene rings is 1. The molecule has 0 spiro atoms. The first-order valence-electron chi connectivity index (χ1n) is 8.17. The third-order valence-corrected chi connectivity index (χ3v) is 5.69. The molecule has 0 radical (unpaired) electrons. The Morgan fingerprint density at radius 1 is 1.23 bits per heavy atom. The molecule has 2 aromatic heterocycles. The Morgan fingerprint density at radius 2 is 2.00 bits per heavy atom. The number of nitrogens with zero attached hydrogens (tertiary/aromatic N) is 2. The van der Waals surface area contributed by atoms with Crippen LogP contribution in [0.1, 0.15) is 21.5 Å². The summed E-state index contributed by atoms with van der Waals surface area (Å²) in [5, 5.41) is 2.87. The van der Waals surface area contributed by atoms with Crippen molar-refractivity contribution in [3.8, 4) is 0 Å². The molecule has 2 heterocycles. The Labute approximate surface area is 156 Å². The summed E-state index contributed by atoms with van der Waals surface area (Å²) < 4.78 is 26.6. The fourth-order valence-electron chi connectivity index (χ4n) is 2.65. The number of amides is 1. The Balaban J connectivity index is 1.71. The van der Waals surface area contributed by atoms with Crippen LogP contribution in [-0.4, -0.2) is 36.7 Å². The van der Waals surface area contributed by atoms with Crippen molar-refractivity contribution in [1.29, 1.82) is 0 Å². The van der Waals surface area contributed by atoms with E-state index in [1.807, 2.05) is 41.8 Å². The zero-order chi connectivity index (χ0) is 18.7. The van der Waals surface area contributed by atoms with E-state index < -0.39 is 10.0 Å². The Hall–Kier alpha value is -2.23. The minimum absolute atomic E-state index is 0.220. The number of hydrogen-bond donors (Lipinski definition) is 2. The van der Waals surface area contributed by atoms with Crippen molar-refractivity contribution in [3.05, 3.63) is 46.2 Å². The second-order valence-corrected chi connectivity index (χ2v) is 8.81. The average molecular weight is 393 g/mol. The zero-order valence-corrected chi connectivity index (χ0v) is 16.2. The molecule has 0 bridgehead atoms. The molecule has 9 heteroatoms. The first-order valence-corrected chi connectivity index (χ1v) is 10.9. The van der Waals surface area contributed by atoms with Gasteiger partial charge in [0.15, 0.2) is 0 Å². The van der Waals surface area contributed by atoms with Gasteiger partial charge in [-0.3, -0.25) is 10.1 Å². The lowest BCUT2D eigenvalue weighted by atomic mass is 10.3. The summed E-state index contributed by atoms with van der Waals surface area (Å²) in [5.41, 5.74) is 1.81. The Kier molecular flexibility index (Phi) is 5.40. The maximum atomic E-state index is 12.5. The molecule has 0 saturated heterocycles. The van der Waals surface area contributed by atoms with E-state index >= 15 is 0 Å². The fraction of sp³-hybridized carbons (Fsp3) is 0.294. The van der Waals surface area contributed by atoms with E-state index in [0.29, 0.717) is 30.3 Å². The van der Waals surface area contributed by atoms with Gasteiger partial charge in [0.25, 0.3) is 5.91 Å². The number of fused-ring (bicyclic) bond motifs is 1. The van der Waals surface area contributed by atoms with Crippen LogP contribution in [0, 0.1) is 0 Å². The predicted octanol–water partition coefficient (Wildman–Crippen LogP) is 2.46. The molecular weight excluding hydrogens is 372 g/mol. The monoisotopic (exact) mass is 392 g/mol. The van der Waals surface area contributed by atoms with E-state index in [-0.39, 0.29) is 5.91 Å². The molecule has 0 aliphatic heterocycles. The Bertz CT molecular complexity index is 1040. The normalized spacial score (nSPS) is 11.8. The maximum Gasteiger partial charge on any atom is 0.268 e. The van der Waals surface area contributed by atoms with Crippen LogP contribution in [0.25, 0.3) is 11.0 Å². The van der Waals surface area contributed by atoms with Gasteiger partial charge in [-0.1, -0.05) is 12.1 Å². The van der Waals surface area contributed by atoms with Gasteiger partial charge in [-0.25, -0.2) is 18.1 Å². The van der Waals surface area contributed by atoms with E-state index in [0.717, 1.165) is 22.2 Å². The van der Waals surface area contributed by atoms with Crippen LogP contribution in [0.4, 0.5) is 5.95 Å². The summed E-state index contributed by atoms with van der Waals surface area (Å²) in [6.07, 6.45) is 1.67. The highest BCUT2D eigenvalue weighted by atomic mass is 32.2. The third kappa shape index (κ3) is 4.29. The van der Waals surface area contributed by atoms with E-state index in [1.165, 1.54) is 11.3 Å². The summed E-state index contributed by atoms with van der Waals surface area (Å²) >= 11 is 1.35. The molecule has 0 atom stereocenters. The van der Waals surface area contributed by atoms with Crippen molar-refractivity contribution < 1.29 is 13.2 Å². The number of imidazole rings is 1. The number of sulfonamides is 1. The molecule has 0 aliphatic carbocycles. The molecule has 138 valence electrons.